The van der Waals surface area contributed by atoms with E-state index in [2.05, 4.69) is 26.3 Å². The maximum absolute atomic E-state index is 14.1. The molecule has 3 aromatic rings. The molecule has 0 radical (unpaired) electrons. The maximum Gasteiger partial charge on any atom is 0.119 e. The van der Waals surface area contributed by atoms with Crippen LogP contribution in [0.4, 0.5) is 15.8 Å². The van der Waals surface area contributed by atoms with Crippen molar-refractivity contribution >= 4 is 34.1 Å². The lowest BCUT2D eigenvalue weighted by molar-refractivity contribution is -0.00899. The van der Waals surface area contributed by atoms with E-state index in [9.17, 15) is 4.39 Å². The van der Waals surface area contributed by atoms with E-state index in [1.165, 1.54) is 0 Å². The van der Waals surface area contributed by atoms with Gasteiger partial charge in [0, 0.05) is 73.4 Å². The van der Waals surface area contributed by atoms with E-state index in [4.69, 9.17) is 15.5 Å². The van der Waals surface area contributed by atoms with Crippen LogP contribution in [0.5, 0.6) is 0 Å². The number of aliphatic imine (C=N–C) groups is 1. The van der Waals surface area contributed by atoms with Crippen molar-refractivity contribution in [2.24, 2.45) is 4.99 Å². The first-order valence-electron chi connectivity index (χ1n) is 12.4. The fourth-order valence-electron chi connectivity index (χ4n) is 5.53. The van der Waals surface area contributed by atoms with Crippen molar-refractivity contribution in [3.05, 3.63) is 65.8 Å². The second-order valence-electron chi connectivity index (χ2n) is 9.47. The summed E-state index contributed by atoms with van der Waals surface area (Å²) in [5, 5.41) is 4.59. The Morgan fingerprint density at radius 2 is 2.19 bits per heavy atom. The van der Waals surface area contributed by atoms with Crippen molar-refractivity contribution in [2.75, 3.05) is 43.9 Å². The quantitative estimate of drug-likeness (QED) is 0.542. The van der Waals surface area contributed by atoms with Crippen LogP contribution in [0, 0.1) is 0 Å². The Hall–Kier alpha value is -3.62. The standard InChI is InChI=1S/C28H29FN6O/c1-31-14-19-6-8-33-27(26(19)30)18-3-5-23-21(13-18)28(22(15-34-23)17-2-4-20(29)12-17)35-10-7-24-25(16-35)36-11-9-32-24/h3-6,8,12-15,24-25,32H,2,7,9-11,16,30H2,1H3/t24-,25-/m1/s1. The third-order valence-corrected chi connectivity index (χ3v) is 7.30. The zero-order valence-electron chi connectivity index (χ0n) is 20.2. The number of morpholine rings is 1. The number of nitrogens with one attached hydrogen (secondary N) is 1. The largest absolute Gasteiger partial charge is 0.396 e. The van der Waals surface area contributed by atoms with E-state index in [1.54, 1.807) is 31.6 Å². The summed E-state index contributed by atoms with van der Waals surface area (Å²) in [5.41, 5.74) is 13.3. The van der Waals surface area contributed by atoms with Gasteiger partial charge in [-0.05, 0) is 48.8 Å². The van der Waals surface area contributed by atoms with Crippen LogP contribution in [-0.4, -0.2) is 61.6 Å². The summed E-state index contributed by atoms with van der Waals surface area (Å²) < 4.78 is 20.2. The smallest absolute Gasteiger partial charge is 0.119 e. The van der Waals surface area contributed by atoms with Gasteiger partial charge in [0.2, 0.25) is 0 Å². The summed E-state index contributed by atoms with van der Waals surface area (Å²) in [6.45, 7) is 3.24. The maximum atomic E-state index is 14.1. The number of piperidine rings is 1. The van der Waals surface area contributed by atoms with Crippen molar-refractivity contribution in [1.82, 2.24) is 15.3 Å². The number of hydrogen-bond donors (Lipinski definition) is 2. The van der Waals surface area contributed by atoms with Gasteiger partial charge in [0.15, 0.2) is 0 Å². The van der Waals surface area contributed by atoms with Gasteiger partial charge in [-0.2, -0.15) is 0 Å². The minimum Gasteiger partial charge on any atom is -0.396 e. The Balaban J connectivity index is 1.51. The van der Waals surface area contributed by atoms with Gasteiger partial charge in [-0.1, -0.05) is 6.07 Å². The molecule has 36 heavy (non-hydrogen) atoms. The first kappa shape index (κ1) is 22.8. The van der Waals surface area contributed by atoms with Gasteiger partial charge in [-0.25, -0.2) is 4.39 Å². The van der Waals surface area contributed by atoms with E-state index in [1.807, 2.05) is 24.4 Å². The average molecular weight is 485 g/mol. The van der Waals surface area contributed by atoms with Crippen molar-refractivity contribution in [3.63, 3.8) is 0 Å². The SMILES string of the molecule is CN=Cc1ccnc(-c2ccc3ncc(C4=CC(F)=CC4)c(N4CC[C@H]5NCCO[C@@H]5C4)c3c2)c1N. The molecule has 2 saturated heterocycles. The zero-order chi connectivity index (χ0) is 24.6. The van der Waals surface area contributed by atoms with E-state index < -0.39 is 0 Å². The summed E-state index contributed by atoms with van der Waals surface area (Å²) in [6.07, 6.45) is 10.2. The summed E-state index contributed by atoms with van der Waals surface area (Å²) >= 11 is 0. The molecule has 3 aliphatic rings. The molecule has 184 valence electrons. The molecule has 1 aromatic carbocycles. The van der Waals surface area contributed by atoms with Crippen molar-refractivity contribution in [1.29, 1.82) is 0 Å². The molecule has 2 aromatic heterocycles. The van der Waals surface area contributed by atoms with Gasteiger partial charge in [0.1, 0.15) is 5.83 Å². The molecule has 0 saturated carbocycles. The molecular formula is C28H29FN6O. The van der Waals surface area contributed by atoms with Gasteiger partial charge in [-0.15, -0.1) is 0 Å². The highest BCUT2D eigenvalue weighted by Crippen LogP contribution is 2.41. The third kappa shape index (κ3) is 4.06. The predicted molar refractivity (Wildman–Crippen MR) is 143 cm³/mol. The predicted octanol–water partition coefficient (Wildman–Crippen LogP) is 4.14. The van der Waals surface area contributed by atoms with Gasteiger partial charge < -0.3 is 20.7 Å². The second-order valence-corrected chi connectivity index (χ2v) is 9.47. The molecule has 0 unspecified atom stereocenters. The Labute approximate surface area is 209 Å². The highest BCUT2D eigenvalue weighted by atomic mass is 19.1. The number of halogens is 1. The molecule has 2 atom stereocenters. The van der Waals surface area contributed by atoms with Crippen LogP contribution in [0.15, 0.2) is 59.6 Å². The molecule has 7 nitrogen and oxygen atoms in total. The summed E-state index contributed by atoms with van der Waals surface area (Å²) in [5.74, 6) is -0.199. The van der Waals surface area contributed by atoms with Crippen molar-refractivity contribution < 1.29 is 9.13 Å². The number of ether oxygens (including phenoxy) is 1. The number of fused-ring (bicyclic) bond motifs is 2. The second kappa shape index (κ2) is 9.44. The van der Waals surface area contributed by atoms with Crippen LogP contribution in [-0.2, 0) is 4.74 Å². The molecule has 1 aliphatic carbocycles. The first-order valence-corrected chi connectivity index (χ1v) is 12.4. The Bertz CT molecular complexity index is 1410. The minimum absolute atomic E-state index is 0.112. The number of nitrogens with two attached hydrogens (primary N) is 1. The van der Waals surface area contributed by atoms with Crippen molar-refractivity contribution in [3.8, 4) is 11.3 Å². The van der Waals surface area contributed by atoms with E-state index in [-0.39, 0.29) is 11.9 Å². The molecule has 2 aliphatic heterocycles. The number of hydrogen-bond acceptors (Lipinski definition) is 7. The van der Waals surface area contributed by atoms with Crippen LogP contribution in [0.25, 0.3) is 27.7 Å². The molecule has 0 spiro atoms. The number of nitrogen functional groups attached to an aromatic ring is 1. The van der Waals surface area contributed by atoms with Crippen LogP contribution in [0.3, 0.4) is 0 Å². The first-order chi connectivity index (χ1) is 17.6. The lowest BCUT2D eigenvalue weighted by Gasteiger charge is -2.43. The molecule has 8 heteroatoms. The Morgan fingerprint density at radius 3 is 3.03 bits per heavy atom. The molecule has 0 amide bonds. The number of allylic oxidation sites excluding steroid dienone is 4. The average Bonchev–Trinajstić information content (AvgIpc) is 3.34. The summed E-state index contributed by atoms with van der Waals surface area (Å²) in [6, 6.07) is 8.33. The molecule has 3 N–H and O–H groups in total. The lowest BCUT2D eigenvalue weighted by atomic mass is 9.94. The summed E-state index contributed by atoms with van der Waals surface area (Å²) in [4.78, 5) is 15.8. The molecule has 6 rings (SSSR count). The molecule has 0 bridgehead atoms. The van der Waals surface area contributed by atoms with Gasteiger partial charge in [0.25, 0.3) is 0 Å². The molecule has 2 fully saturated rings. The van der Waals surface area contributed by atoms with Crippen molar-refractivity contribution in [2.45, 2.75) is 25.0 Å². The fourth-order valence-corrected chi connectivity index (χ4v) is 5.53. The molecular weight excluding hydrogens is 455 g/mol. The molecule has 4 heterocycles. The third-order valence-electron chi connectivity index (χ3n) is 7.30. The number of rotatable bonds is 4. The number of benzene rings is 1. The monoisotopic (exact) mass is 484 g/mol. The summed E-state index contributed by atoms with van der Waals surface area (Å²) in [7, 11) is 1.72. The Kier molecular flexibility index (Phi) is 5.99. The van der Waals surface area contributed by atoms with E-state index in [0.717, 1.165) is 64.9 Å². The van der Waals surface area contributed by atoms with Crippen LogP contribution >= 0.6 is 0 Å². The van der Waals surface area contributed by atoms with Gasteiger partial charge in [-0.3, -0.25) is 15.0 Å². The minimum atomic E-state index is -0.199. The fraction of sp³-hybridized carbons (Fsp3) is 0.321. The van der Waals surface area contributed by atoms with Crippen LogP contribution < -0.4 is 16.0 Å². The topological polar surface area (TPSA) is 88.7 Å². The normalized spacial score (nSPS) is 22.1. The zero-order valence-corrected chi connectivity index (χ0v) is 20.2. The van der Waals surface area contributed by atoms with E-state index in [0.29, 0.717) is 30.5 Å². The highest BCUT2D eigenvalue weighted by Gasteiger charge is 2.34. The van der Waals surface area contributed by atoms with Gasteiger partial charge in [0.05, 0.1) is 35.3 Å². The van der Waals surface area contributed by atoms with Crippen LogP contribution in [0.1, 0.15) is 24.0 Å². The number of anilines is 2. The van der Waals surface area contributed by atoms with Crippen LogP contribution in [0.2, 0.25) is 0 Å². The number of aromatic nitrogens is 2. The highest BCUT2D eigenvalue weighted by molar-refractivity contribution is 6.01. The number of pyridine rings is 2. The van der Waals surface area contributed by atoms with E-state index >= 15 is 0 Å². The lowest BCUT2D eigenvalue weighted by Crippen LogP contribution is -2.57. The van der Waals surface area contributed by atoms with Gasteiger partial charge >= 0.3 is 0 Å². The Morgan fingerprint density at radius 1 is 1.28 bits per heavy atom. The number of nitrogens with zero attached hydrogens (tertiary/aromatic N) is 4.